The Bertz CT molecular complexity index is 881. The van der Waals surface area contributed by atoms with E-state index in [9.17, 15) is 4.79 Å². The van der Waals surface area contributed by atoms with Gasteiger partial charge in [0.2, 0.25) is 0 Å². The molecule has 21 heavy (non-hydrogen) atoms. The van der Waals surface area contributed by atoms with Crippen LogP contribution in [0.15, 0.2) is 51.7 Å². The number of hydrogen-bond acceptors (Lipinski definition) is 3. The quantitative estimate of drug-likeness (QED) is 0.657. The van der Waals surface area contributed by atoms with Gasteiger partial charge in [0.05, 0.1) is 12.7 Å². The van der Waals surface area contributed by atoms with E-state index in [4.69, 9.17) is 20.8 Å². The zero-order valence-corrected chi connectivity index (χ0v) is 12.4. The molecule has 0 bridgehead atoms. The van der Waals surface area contributed by atoms with Gasteiger partial charge in [-0.25, -0.2) is 4.79 Å². The minimum Gasteiger partial charge on any atom is -0.497 e. The molecule has 0 N–H and O–H groups in total. The Kier molecular flexibility index (Phi) is 3.43. The summed E-state index contributed by atoms with van der Waals surface area (Å²) in [5.74, 6) is 0.719. The van der Waals surface area contributed by atoms with E-state index in [1.165, 1.54) is 0 Å². The van der Waals surface area contributed by atoms with E-state index in [0.29, 0.717) is 16.2 Å². The third-order valence-corrected chi connectivity index (χ3v) is 3.72. The average molecular weight is 301 g/mol. The van der Waals surface area contributed by atoms with Crippen LogP contribution in [-0.4, -0.2) is 7.11 Å². The van der Waals surface area contributed by atoms with Gasteiger partial charge in [-0.05, 0) is 48.4 Å². The Hall–Kier alpha value is -2.26. The Morgan fingerprint density at radius 1 is 1.14 bits per heavy atom. The minimum atomic E-state index is -0.368. The number of ether oxygens (including phenoxy) is 1. The summed E-state index contributed by atoms with van der Waals surface area (Å²) in [4.78, 5) is 12.3. The molecule has 0 radical (unpaired) electrons. The van der Waals surface area contributed by atoms with Crippen LogP contribution >= 0.6 is 11.6 Å². The summed E-state index contributed by atoms with van der Waals surface area (Å²) in [6, 6.07) is 12.6. The van der Waals surface area contributed by atoms with Crippen LogP contribution in [0.5, 0.6) is 5.75 Å². The van der Waals surface area contributed by atoms with E-state index in [-0.39, 0.29) is 5.63 Å². The molecule has 4 heteroatoms. The van der Waals surface area contributed by atoms with E-state index < -0.39 is 0 Å². The Labute approximate surface area is 126 Å². The van der Waals surface area contributed by atoms with Crippen molar-refractivity contribution in [3.63, 3.8) is 0 Å². The first-order chi connectivity index (χ1) is 10.1. The third-order valence-electron chi connectivity index (χ3n) is 3.49. The van der Waals surface area contributed by atoms with Crippen molar-refractivity contribution < 1.29 is 9.15 Å². The third kappa shape index (κ3) is 2.41. The number of aryl methyl sites for hydroxylation is 1. The maximum Gasteiger partial charge on any atom is 0.344 e. The van der Waals surface area contributed by atoms with Crippen LogP contribution in [0.4, 0.5) is 0 Å². The Morgan fingerprint density at radius 2 is 1.95 bits per heavy atom. The van der Waals surface area contributed by atoms with Gasteiger partial charge in [-0.2, -0.15) is 0 Å². The fraction of sp³-hybridized carbons (Fsp3) is 0.118. The van der Waals surface area contributed by atoms with E-state index >= 15 is 0 Å². The van der Waals surface area contributed by atoms with Crippen molar-refractivity contribution in [2.75, 3.05) is 7.11 Å². The summed E-state index contributed by atoms with van der Waals surface area (Å²) in [5.41, 5.74) is 2.30. The fourth-order valence-corrected chi connectivity index (χ4v) is 2.63. The predicted molar refractivity (Wildman–Crippen MR) is 84.2 cm³/mol. The standard InChI is InChI=1S/C17H13ClO3/c1-10-14-9-13(20-2)6-7-15(14)21-17(19)16(10)11-4-3-5-12(18)8-11/h3-9H,1-2H3. The van der Waals surface area contributed by atoms with Crippen LogP contribution in [0.2, 0.25) is 5.02 Å². The second-order valence-corrected chi connectivity index (χ2v) is 5.20. The van der Waals surface area contributed by atoms with Crippen molar-refractivity contribution in [1.82, 2.24) is 0 Å². The number of rotatable bonds is 2. The van der Waals surface area contributed by atoms with Crippen LogP contribution in [0, 0.1) is 6.92 Å². The number of hydrogen-bond donors (Lipinski definition) is 0. The smallest absolute Gasteiger partial charge is 0.344 e. The molecule has 0 saturated carbocycles. The summed E-state index contributed by atoms with van der Waals surface area (Å²) < 4.78 is 10.6. The van der Waals surface area contributed by atoms with Gasteiger partial charge in [0, 0.05) is 10.4 Å². The molecule has 1 aromatic heterocycles. The first-order valence-corrected chi connectivity index (χ1v) is 6.85. The SMILES string of the molecule is COc1ccc2oc(=O)c(-c3cccc(Cl)c3)c(C)c2c1. The molecule has 0 atom stereocenters. The van der Waals surface area contributed by atoms with Crippen LogP contribution in [0.1, 0.15) is 5.56 Å². The van der Waals surface area contributed by atoms with Crippen molar-refractivity contribution in [1.29, 1.82) is 0 Å². The molecule has 3 aromatic rings. The van der Waals surface area contributed by atoms with Crippen LogP contribution in [0.25, 0.3) is 22.1 Å². The molecule has 3 rings (SSSR count). The van der Waals surface area contributed by atoms with E-state index in [0.717, 1.165) is 22.3 Å². The van der Waals surface area contributed by atoms with Crippen LogP contribution < -0.4 is 10.4 Å². The molecular formula is C17H13ClO3. The van der Waals surface area contributed by atoms with Crippen molar-refractivity contribution in [2.24, 2.45) is 0 Å². The molecule has 0 saturated heterocycles. The first-order valence-electron chi connectivity index (χ1n) is 6.47. The molecule has 0 spiro atoms. The molecule has 3 nitrogen and oxygen atoms in total. The number of halogens is 1. The molecular weight excluding hydrogens is 288 g/mol. The molecule has 1 heterocycles. The van der Waals surface area contributed by atoms with Crippen molar-refractivity contribution in [2.45, 2.75) is 6.92 Å². The average Bonchev–Trinajstić information content (AvgIpc) is 2.47. The zero-order chi connectivity index (χ0) is 15.0. The highest BCUT2D eigenvalue weighted by molar-refractivity contribution is 6.30. The second-order valence-electron chi connectivity index (χ2n) is 4.76. The highest BCUT2D eigenvalue weighted by Crippen LogP contribution is 2.30. The highest BCUT2D eigenvalue weighted by atomic mass is 35.5. The maximum absolute atomic E-state index is 12.3. The number of methoxy groups -OCH3 is 1. The molecule has 2 aromatic carbocycles. The van der Waals surface area contributed by atoms with E-state index in [1.807, 2.05) is 25.1 Å². The monoisotopic (exact) mass is 300 g/mol. The fourth-order valence-electron chi connectivity index (χ4n) is 2.44. The summed E-state index contributed by atoms with van der Waals surface area (Å²) in [5, 5.41) is 1.43. The van der Waals surface area contributed by atoms with Crippen molar-refractivity contribution >= 4 is 22.6 Å². The van der Waals surface area contributed by atoms with Gasteiger partial charge < -0.3 is 9.15 Å². The van der Waals surface area contributed by atoms with Crippen molar-refractivity contribution in [3.8, 4) is 16.9 Å². The van der Waals surface area contributed by atoms with Gasteiger partial charge in [-0.3, -0.25) is 0 Å². The summed E-state index contributed by atoms with van der Waals surface area (Å²) in [6.45, 7) is 1.90. The summed E-state index contributed by atoms with van der Waals surface area (Å²) in [6.07, 6.45) is 0. The van der Waals surface area contributed by atoms with E-state index in [1.54, 1.807) is 31.4 Å². The van der Waals surface area contributed by atoms with Crippen molar-refractivity contribution in [3.05, 3.63) is 63.5 Å². The lowest BCUT2D eigenvalue weighted by Crippen LogP contribution is -2.06. The largest absolute Gasteiger partial charge is 0.497 e. The van der Waals surface area contributed by atoms with Gasteiger partial charge in [0.25, 0.3) is 0 Å². The highest BCUT2D eigenvalue weighted by Gasteiger charge is 2.14. The molecule has 0 aliphatic rings. The topological polar surface area (TPSA) is 39.4 Å². The predicted octanol–water partition coefficient (Wildman–Crippen LogP) is 4.43. The number of benzene rings is 2. The molecule has 0 aliphatic heterocycles. The molecule has 0 fully saturated rings. The number of fused-ring (bicyclic) bond motifs is 1. The normalized spacial score (nSPS) is 10.8. The Balaban J connectivity index is 2.35. The summed E-state index contributed by atoms with van der Waals surface area (Å²) in [7, 11) is 1.60. The zero-order valence-electron chi connectivity index (χ0n) is 11.6. The van der Waals surface area contributed by atoms with Gasteiger partial charge in [-0.15, -0.1) is 0 Å². The lowest BCUT2D eigenvalue weighted by atomic mass is 9.99. The maximum atomic E-state index is 12.3. The van der Waals surface area contributed by atoms with Gasteiger partial charge in [0.15, 0.2) is 0 Å². The lowest BCUT2D eigenvalue weighted by Gasteiger charge is -2.09. The molecule has 0 aliphatic carbocycles. The van der Waals surface area contributed by atoms with Gasteiger partial charge in [0.1, 0.15) is 11.3 Å². The minimum absolute atomic E-state index is 0.368. The molecule has 106 valence electrons. The van der Waals surface area contributed by atoms with Crippen LogP contribution in [0.3, 0.4) is 0 Å². The van der Waals surface area contributed by atoms with Gasteiger partial charge in [-0.1, -0.05) is 23.7 Å². The summed E-state index contributed by atoms with van der Waals surface area (Å²) >= 11 is 6.01. The van der Waals surface area contributed by atoms with Crippen LogP contribution in [-0.2, 0) is 0 Å². The molecule has 0 unspecified atom stereocenters. The first kappa shape index (κ1) is 13.7. The lowest BCUT2D eigenvalue weighted by molar-refractivity contribution is 0.415. The van der Waals surface area contributed by atoms with E-state index in [2.05, 4.69) is 0 Å². The van der Waals surface area contributed by atoms with Gasteiger partial charge >= 0.3 is 5.63 Å². The Morgan fingerprint density at radius 3 is 2.67 bits per heavy atom. The molecule has 0 amide bonds. The second kappa shape index (κ2) is 5.26.